The molecule has 1 aromatic carbocycles. The summed E-state index contributed by atoms with van der Waals surface area (Å²) in [7, 11) is 0. The molecule has 2 rings (SSSR count). The van der Waals surface area contributed by atoms with E-state index in [9.17, 15) is 10.1 Å². The van der Waals surface area contributed by atoms with Crippen molar-refractivity contribution >= 4 is 27.4 Å². The number of nitrogens with zero attached hydrogens (tertiary/aromatic N) is 3. The first kappa shape index (κ1) is 15.1. The van der Waals surface area contributed by atoms with Crippen LogP contribution in [0.5, 0.6) is 11.6 Å². The van der Waals surface area contributed by atoms with Gasteiger partial charge < -0.3 is 10.2 Å². The summed E-state index contributed by atoms with van der Waals surface area (Å²) in [6.45, 7) is 3.79. The fraction of sp³-hybridized carbons (Fsp3) is 0.167. The normalized spacial score (nSPS) is 10.3. The zero-order chi connectivity index (χ0) is 15.6. The van der Waals surface area contributed by atoms with Crippen LogP contribution >= 0.6 is 15.9 Å². The predicted molar refractivity (Wildman–Crippen MR) is 80.2 cm³/mol. The van der Waals surface area contributed by atoms with Gasteiger partial charge in [0.2, 0.25) is 5.82 Å². The molecule has 0 amide bonds. The maximum Gasteiger partial charge on any atom is 0.374 e. The van der Waals surface area contributed by atoms with E-state index in [1.807, 2.05) is 13.8 Å². The van der Waals surface area contributed by atoms with E-state index in [0.29, 0.717) is 5.75 Å². The van der Waals surface area contributed by atoms with Crippen molar-refractivity contribution in [3.8, 4) is 11.6 Å². The van der Waals surface area contributed by atoms with Crippen LogP contribution < -0.4 is 16.0 Å². The number of hydrazine groups is 1. The van der Waals surface area contributed by atoms with E-state index >= 15 is 0 Å². The number of rotatable bonds is 4. The molecule has 0 bridgehead atoms. The molecule has 3 N–H and O–H groups in total. The first-order chi connectivity index (χ1) is 9.93. The molecule has 0 atom stereocenters. The highest BCUT2D eigenvalue weighted by molar-refractivity contribution is 9.10. The summed E-state index contributed by atoms with van der Waals surface area (Å²) in [5, 5.41) is 11.1. The molecule has 0 saturated heterocycles. The summed E-state index contributed by atoms with van der Waals surface area (Å²) < 4.78 is 6.48. The lowest BCUT2D eigenvalue weighted by atomic mass is 10.1. The van der Waals surface area contributed by atoms with E-state index in [0.717, 1.165) is 21.9 Å². The number of nitrogens with one attached hydrogen (secondary N) is 1. The molecular weight excluding hydrogens is 342 g/mol. The largest absolute Gasteiger partial charge is 0.434 e. The lowest BCUT2D eigenvalue weighted by molar-refractivity contribution is -0.385. The van der Waals surface area contributed by atoms with E-state index < -0.39 is 10.6 Å². The molecular formula is C12H12BrN5O3. The van der Waals surface area contributed by atoms with Crippen molar-refractivity contribution in [1.29, 1.82) is 0 Å². The third-order valence-electron chi connectivity index (χ3n) is 2.73. The second-order valence-corrected chi connectivity index (χ2v) is 5.04. The Labute approximate surface area is 128 Å². The van der Waals surface area contributed by atoms with Crippen LogP contribution in [-0.4, -0.2) is 14.9 Å². The average molecular weight is 354 g/mol. The van der Waals surface area contributed by atoms with Crippen molar-refractivity contribution in [1.82, 2.24) is 9.97 Å². The fourth-order valence-electron chi connectivity index (χ4n) is 1.78. The minimum Gasteiger partial charge on any atom is -0.434 e. The molecule has 0 aliphatic carbocycles. The summed E-state index contributed by atoms with van der Waals surface area (Å²) in [6.07, 6.45) is 1.14. The molecule has 2 aromatic rings. The smallest absolute Gasteiger partial charge is 0.374 e. The van der Waals surface area contributed by atoms with Crippen molar-refractivity contribution in [3.63, 3.8) is 0 Å². The minimum absolute atomic E-state index is 0.115. The summed E-state index contributed by atoms with van der Waals surface area (Å²) in [5.74, 6) is 5.36. The lowest BCUT2D eigenvalue weighted by Gasteiger charge is -2.10. The Bertz CT molecular complexity index is 684. The monoisotopic (exact) mass is 353 g/mol. The van der Waals surface area contributed by atoms with Crippen molar-refractivity contribution < 1.29 is 9.66 Å². The number of nitrogens with two attached hydrogens (primary N) is 1. The molecule has 0 spiro atoms. The summed E-state index contributed by atoms with van der Waals surface area (Å²) >= 11 is 3.44. The molecule has 21 heavy (non-hydrogen) atoms. The van der Waals surface area contributed by atoms with Crippen LogP contribution in [0.1, 0.15) is 11.1 Å². The molecule has 0 aliphatic rings. The summed E-state index contributed by atoms with van der Waals surface area (Å²) in [5.41, 5.74) is 3.62. The number of nitro groups is 1. The van der Waals surface area contributed by atoms with Gasteiger partial charge in [0.05, 0.1) is 4.92 Å². The Balaban J connectivity index is 2.47. The second-order valence-electron chi connectivity index (χ2n) is 4.25. The van der Waals surface area contributed by atoms with Gasteiger partial charge in [0.25, 0.3) is 0 Å². The zero-order valence-electron chi connectivity index (χ0n) is 11.3. The SMILES string of the molecule is Cc1cc(Oc2ncnc(NN)c2[N+](=O)[O-])cc(C)c1Br. The highest BCUT2D eigenvalue weighted by Gasteiger charge is 2.24. The number of halogens is 1. The van der Waals surface area contributed by atoms with Crippen molar-refractivity contribution in [3.05, 3.63) is 44.2 Å². The number of anilines is 1. The van der Waals surface area contributed by atoms with Gasteiger partial charge in [-0.25, -0.2) is 10.8 Å². The van der Waals surface area contributed by atoms with Crippen LogP contribution in [0.15, 0.2) is 22.9 Å². The Morgan fingerprint density at radius 2 is 1.95 bits per heavy atom. The number of benzene rings is 1. The van der Waals surface area contributed by atoms with E-state index in [1.54, 1.807) is 12.1 Å². The van der Waals surface area contributed by atoms with Gasteiger partial charge in [-0.3, -0.25) is 10.1 Å². The molecule has 0 aliphatic heterocycles. The molecule has 0 radical (unpaired) electrons. The Hall–Kier alpha value is -2.26. The van der Waals surface area contributed by atoms with E-state index in [-0.39, 0.29) is 11.7 Å². The molecule has 1 aromatic heterocycles. The quantitative estimate of drug-likeness (QED) is 0.493. The Morgan fingerprint density at radius 1 is 1.33 bits per heavy atom. The first-order valence-corrected chi connectivity index (χ1v) is 6.64. The molecule has 8 nitrogen and oxygen atoms in total. The Kier molecular flexibility index (Phi) is 4.34. The van der Waals surface area contributed by atoms with Gasteiger partial charge in [-0.15, -0.1) is 0 Å². The van der Waals surface area contributed by atoms with Gasteiger partial charge in [-0.1, -0.05) is 15.9 Å². The maximum atomic E-state index is 11.1. The second kappa shape index (κ2) is 6.02. The third kappa shape index (κ3) is 3.09. The van der Waals surface area contributed by atoms with Crippen LogP contribution in [0.4, 0.5) is 11.5 Å². The molecule has 0 saturated carbocycles. The van der Waals surface area contributed by atoms with E-state index in [1.165, 1.54) is 0 Å². The van der Waals surface area contributed by atoms with Gasteiger partial charge >= 0.3 is 11.6 Å². The maximum absolute atomic E-state index is 11.1. The number of aromatic nitrogens is 2. The molecule has 110 valence electrons. The average Bonchev–Trinajstić information content (AvgIpc) is 2.44. The van der Waals surface area contributed by atoms with Crippen molar-refractivity contribution in [2.75, 3.05) is 5.43 Å². The third-order valence-corrected chi connectivity index (χ3v) is 3.98. The van der Waals surface area contributed by atoms with Crippen LogP contribution in [-0.2, 0) is 0 Å². The lowest BCUT2D eigenvalue weighted by Crippen LogP contribution is -2.12. The topological polar surface area (TPSA) is 116 Å². The molecule has 1 heterocycles. The van der Waals surface area contributed by atoms with E-state index in [2.05, 4.69) is 31.3 Å². The Morgan fingerprint density at radius 3 is 2.48 bits per heavy atom. The number of aryl methyl sites for hydroxylation is 2. The zero-order valence-corrected chi connectivity index (χ0v) is 12.8. The van der Waals surface area contributed by atoms with E-state index in [4.69, 9.17) is 10.6 Å². The van der Waals surface area contributed by atoms with Gasteiger partial charge in [-0.05, 0) is 37.1 Å². The van der Waals surface area contributed by atoms with Crippen LogP contribution in [0, 0.1) is 24.0 Å². The van der Waals surface area contributed by atoms with Crippen molar-refractivity contribution in [2.45, 2.75) is 13.8 Å². The molecule has 9 heteroatoms. The highest BCUT2D eigenvalue weighted by Crippen LogP contribution is 2.35. The predicted octanol–water partition coefficient (Wildman–Crippen LogP) is 2.84. The van der Waals surface area contributed by atoms with Gasteiger partial charge in [-0.2, -0.15) is 4.98 Å². The number of ether oxygens (including phenoxy) is 1. The number of hydrogen-bond donors (Lipinski definition) is 2. The fourth-order valence-corrected chi connectivity index (χ4v) is 2.01. The van der Waals surface area contributed by atoms with Crippen molar-refractivity contribution in [2.24, 2.45) is 5.84 Å². The summed E-state index contributed by atoms with van der Waals surface area (Å²) in [4.78, 5) is 18.0. The van der Waals surface area contributed by atoms with Crippen LogP contribution in [0.2, 0.25) is 0 Å². The number of hydrogen-bond acceptors (Lipinski definition) is 7. The minimum atomic E-state index is -0.650. The van der Waals surface area contributed by atoms with Crippen LogP contribution in [0.25, 0.3) is 0 Å². The first-order valence-electron chi connectivity index (χ1n) is 5.84. The van der Waals surface area contributed by atoms with Gasteiger partial charge in [0, 0.05) is 4.47 Å². The highest BCUT2D eigenvalue weighted by atomic mass is 79.9. The molecule has 0 fully saturated rings. The number of nitrogen functional groups attached to an aromatic ring is 1. The summed E-state index contributed by atoms with van der Waals surface area (Å²) in [6, 6.07) is 3.50. The standard InChI is InChI=1S/C12H12BrN5O3/c1-6-3-8(4-7(2)9(6)13)21-12-10(18(19)20)11(17-14)15-5-16-12/h3-5H,14H2,1-2H3,(H,15,16,17). The van der Waals surface area contributed by atoms with Gasteiger partial charge in [0.15, 0.2) is 0 Å². The molecule has 0 unspecified atom stereocenters. The van der Waals surface area contributed by atoms with Gasteiger partial charge in [0.1, 0.15) is 12.1 Å². The van der Waals surface area contributed by atoms with Crippen LogP contribution in [0.3, 0.4) is 0 Å².